The quantitative estimate of drug-likeness (QED) is 0.0169. The summed E-state index contributed by atoms with van der Waals surface area (Å²) in [5.41, 5.74) is 0. The van der Waals surface area contributed by atoms with Gasteiger partial charge in [-0.1, -0.05) is 312 Å². The van der Waals surface area contributed by atoms with Crippen LogP contribution in [0.25, 0.3) is 0 Å². The van der Waals surface area contributed by atoms with Crippen molar-refractivity contribution in [2.75, 3.05) is 39.6 Å². The van der Waals surface area contributed by atoms with Crippen LogP contribution in [0.15, 0.2) is 194 Å². The number of allylic oxidation sites excluding steroid dienone is 32. The van der Waals surface area contributed by atoms with Crippen molar-refractivity contribution in [3.63, 3.8) is 0 Å². The second-order valence-electron chi connectivity index (χ2n) is 26.2. The van der Waals surface area contributed by atoms with Crippen LogP contribution in [0.5, 0.6) is 0 Å². The number of aliphatic hydroxyl groups is 1. The van der Waals surface area contributed by atoms with E-state index in [4.69, 9.17) is 37.0 Å². The van der Waals surface area contributed by atoms with E-state index in [2.05, 4.69) is 180 Å². The Bertz CT molecular complexity index is 2810. The first-order valence-corrected chi connectivity index (χ1v) is 43.7. The van der Waals surface area contributed by atoms with E-state index in [0.29, 0.717) is 44.9 Å². The van der Waals surface area contributed by atoms with Gasteiger partial charge in [-0.25, -0.2) is 9.13 Å². The van der Waals surface area contributed by atoms with E-state index >= 15 is 0 Å². The highest BCUT2D eigenvalue weighted by Crippen LogP contribution is 2.45. The van der Waals surface area contributed by atoms with Gasteiger partial charge in [0.05, 0.1) is 26.4 Å². The van der Waals surface area contributed by atoms with Crippen molar-refractivity contribution < 1.29 is 80.2 Å². The molecule has 0 bridgehead atoms. The Labute approximate surface area is 653 Å². The van der Waals surface area contributed by atoms with Gasteiger partial charge in [0.2, 0.25) is 0 Å². The van der Waals surface area contributed by atoms with Crippen molar-refractivity contribution in [1.82, 2.24) is 0 Å². The first kappa shape index (κ1) is 102. The number of hydrogen-bond acceptors (Lipinski definition) is 15. The number of carbonyl (C=O) groups excluding carboxylic acids is 4. The number of hydrogen-bond donors (Lipinski definition) is 3. The molecule has 3 N–H and O–H groups in total. The zero-order valence-corrected chi connectivity index (χ0v) is 68.5. The van der Waals surface area contributed by atoms with Crippen LogP contribution >= 0.6 is 15.6 Å². The van der Waals surface area contributed by atoms with Crippen molar-refractivity contribution >= 4 is 39.5 Å². The van der Waals surface area contributed by atoms with Gasteiger partial charge in [0.25, 0.3) is 0 Å². The van der Waals surface area contributed by atoms with Crippen LogP contribution in [-0.2, 0) is 65.4 Å². The number of phosphoric ester groups is 2. The predicted molar refractivity (Wildman–Crippen MR) is 445 cm³/mol. The number of esters is 4. The normalized spacial score (nSPS) is 14.8. The van der Waals surface area contributed by atoms with Crippen LogP contribution in [0.2, 0.25) is 0 Å². The Morgan fingerprint density at radius 1 is 0.269 bits per heavy atom. The summed E-state index contributed by atoms with van der Waals surface area (Å²) >= 11 is 0. The third kappa shape index (κ3) is 78.0. The van der Waals surface area contributed by atoms with Gasteiger partial charge >= 0.3 is 39.5 Å². The molecule has 19 heteroatoms. The smallest absolute Gasteiger partial charge is 0.462 e. The predicted octanol–water partition coefficient (Wildman–Crippen LogP) is 24.1. The van der Waals surface area contributed by atoms with Gasteiger partial charge < -0.3 is 33.8 Å². The number of phosphoric acid groups is 2. The van der Waals surface area contributed by atoms with E-state index in [-0.39, 0.29) is 25.7 Å². The van der Waals surface area contributed by atoms with Crippen LogP contribution < -0.4 is 0 Å². The monoisotopic (exact) mass is 1540 g/mol. The summed E-state index contributed by atoms with van der Waals surface area (Å²) in [7, 11) is -10.0. The first-order chi connectivity index (χ1) is 52.7. The Kier molecular flexibility index (Phi) is 74.5. The third-order valence-electron chi connectivity index (χ3n) is 16.1. The van der Waals surface area contributed by atoms with Crippen molar-refractivity contribution in [3.05, 3.63) is 194 Å². The minimum absolute atomic E-state index is 0.0176. The molecule has 5 atom stereocenters. The molecular weight excluding hydrogens is 1400 g/mol. The van der Waals surface area contributed by atoms with Crippen molar-refractivity contribution in [2.24, 2.45) is 0 Å². The summed E-state index contributed by atoms with van der Waals surface area (Å²) in [6.07, 6.45) is 97.3. The van der Waals surface area contributed by atoms with E-state index in [9.17, 15) is 43.2 Å². The number of ether oxygens (including phenoxy) is 4. The number of carbonyl (C=O) groups is 4. The molecular formula is C89H142O17P2. The average molecular weight is 1550 g/mol. The second-order valence-corrected chi connectivity index (χ2v) is 29.1. The molecule has 0 aromatic carbocycles. The van der Waals surface area contributed by atoms with Crippen LogP contribution in [0, 0.1) is 0 Å². The lowest BCUT2D eigenvalue weighted by molar-refractivity contribution is -0.161. The summed E-state index contributed by atoms with van der Waals surface area (Å²) in [5.74, 6) is -2.43. The van der Waals surface area contributed by atoms with Crippen LogP contribution in [0.3, 0.4) is 0 Å². The topological polar surface area (TPSA) is 237 Å². The molecule has 0 fully saturated rings. The zero-order valence-electron chi connectivity index (χ0n) is 66.7. The van der Waals surface area contributed by atoms with Crippen LogP contribution in [0.1, 0.15) is 285 Å². The molecule has 0 saturated carbocycles. The maximum atomic E-state index is 13.1. The van der Waals surface area contributed by atoms with E-state index in [1.807, 2.05) is 42.5 Å². The molecule has 610 valence electrons. The summed E-state index contributed by atoms with van der Waals surface area (Å²) < 4.78 is 68.5. The van der Waals surface area contributed by atoms with Gasteiger partial charge in [-0.3, -0.25) is 37.3 Å². The Hall–Kier alpha value is -6.10. The molecule has 5 unspecified atom stereocenters. The molecule has 0 radical (unpaired) electrons. The van der Waals surface area contributed by atoms with E-state index in [1.54, 1.807) is 0 Å². The van der Waals surface area contributed by atoms with Crippen molar-refractivity contribution in [1.29, 1.82) is 0 Å². The Balaban J connectivity index is 5.54. The second kappa shape index (κ2) is 79.0. The Morgan fingerprint density at radius 3 is 0.778 bits per heavy atom. The number of aliphatic hydroxyl groups excluding tert-OH is 1. The van der Waals surface area contributed by atoms with Gasteiger partial charge in [-0.2, -0.15) is 0 Å². The molecule has 0 aliphatic carbocycles. The summed E-state index contributed by atoms with van der Waals surface area (Å²) in [6, 6.07) is 0. The lowest BCUT2D eigenvalue weighted by Gasteiger charge is -2.21. The van der Waals surface area contributed by atoms with Gasteiger partial charge in [0.1, 0.15) is 19.3 Å². The van der Waals surface area contributed by atoms with Gasteiger partial charge in [-0.15, -0.1) is 0 Å². The summed E-state index contributed by atoms with van der Waals surface area (Å²) in [6.45, 7) is 4.30. The summed E-state index contributed by atoms with van der Waals surface area (Å²) in [5, 5.41) is 10.6. The van der Waals surface area contributed by atoms with Gasteiger partial charge in [0.15, 0.2) is 12.2 Å². The zero-order chi connectivity index (χ0) is 78.9. The molecule has 0 aromatic heterocycles. The largest absolute Gasteiger partial charge is 0.472 e. The molecule has 0 spiro atoms. The minimum Gasteiger partial charge on any atom is -0.462 e. The fourth-order valence-corrected chi connectivity index (χ4v) is 11.6. The SMILES string of the molecule is CC/C=C\C/C=C\C/C=C\C/C=C\C/C=C\C/C=C\CCC(=O)OCC(COP(=O)(O)OCC(O)COP(=O)(O)OCC(COC(=O)CC/C=C\C/C=C\C/C=C\C/C=C\C/C=C\C/C=C\CC)OC(=O)CCCCCCCCCCCCCCCCC)OC(=O)CCCC/C=C\C/C=C\C/C=C\C/C=C\CC. The number of unbranched alkanes of at least 4 members (excludes halogenated alkanes) is 16. The highest BCUT2D eigenvalue weighted by molar-refractivity contribution is 7.47. The Morgan fingerprint density at radius 2 is 0.500 bits per heavy atom. The lowest BCUT2D eigenvalue weighted by Crippen LogP contribution is -2.30. The molecule has 108 heavy (non-hydrogen) atoms. The molecule has 0 saturated heterocycles. The van der Waals surface area contributed by atoms with E-state index in [1.165, 1.54) is 64.2 Å². The average Bonchev–Trinajstić information content (AvgIpc) is 0.923. The molecule has 0 aromatic rings. The molecule has 0 aliphatic heterocycles. The van der Waals surface area contributed by atoms with E-state index < -0.39 is 97.5 Å². The maximum Gasteiger partial charge on any atom is 0.472 e. The van der Waals surface area contributed by atoms with Gasteiger partial charge in [-0.05, 0) is 141 Å². The van der Waals surface area contributed by atoms with Gasteiger partial charge in [0, 0.05) is 25.7 Å². The number of rotatable bonds is 74. The van der Waals surface area contributed by atoms with Crippen LogP contribution in [0.4, 0.5) is 0 Å². The van der Waals surface area contributed by atoms with Crippen molar-refractivity contribution in [2.45, 2.75) is 303 Å². The fourth-order valence-electron chi connectivity index (χ4n) is 10.0. The molecule has 0 aliphatic rings. The third-order valence-corrected chi connectivity index (χ3v) is 18.0. The fraction of sp³-hybridized carbons (Fsp3) is 0.596. The molecule has 0 rings (SSSR count). The maximum absolute atomic E-state index is 13.1. The van der Waals surface area contributed by atoms with Crippen molar-refractivity contribution in [3.8, 4) is 0 Å². The standard InChI is InChI=1S/C89H142O17P2/c1-5-9-13-17-21-25-29-33-37-39-41-43-47-49-53-57-61-65-69-73-86(91)99-79-84(105-88(93)75-71-67-63-59-55-51-45-35-31-27-23-19-15-11-7-3)81-103-107(95,96)101-77-83(90)78-102-108(97,98)104-82-85(106-89(94)76-72-68-64-60-56-52-46-36-32-28-24-20-16-12-8-4)80-100-87(92)74-70-66-62-58-54-50-48-44-42-40-38-34-30-26-22-18-14-10-6-2/h9-11,13-15,21-23,25-27,33-35,37-38,41-45,49-50,53-55,59,61-62,65-66,83-85,90H,5-8,12,16-20,24,28-32,36,39-40,46-48,51-52,56-58,60,63-64,67-82H2,1-4H3,(H,95,96)(H,97,98)/b13-9-,14-10-,15-11-,25-21-,26-22-,27-23-,37-33-,38-34-,43-41-,44-42-,45-35-,53-49-,54-50-,59-55-,65-61-,66-62-. The first-order valence-electron chi connectivity index (χ1n) is 40.7. The molecule has 0 amide bonds. The van der Waals surface area contributed by atoms with Crippen LogP contribution in [-0.4, -0.2) is 96.7 Å². The minimum atomic E-state index is -5.02. The lowest BCUT2D eigenvalue weighted by atomic mass is 10.0. The highest BCUT2D eigenvalue weighted by Gasteiger charge is 2.30. The summed E-state index contributed by atoms with van der Waals surface area (Å²) in [4.78, 5) is 73.0. The highest BCUT2D eigenvalue weighted by atomic mass is 31.2. The molecule has 17 nitrogen and oxygen atoms in total. The van der Waals surface area contributed by atoms with E-state index in [0.717, 1.165) is 122 Å². The molecule has 0 heterocycles.